The summed E-state index contributed by atoms with van der Waals surface area (Å²) >= 11 is 1.53. The lowest BCUT2D eigenvalue weighted by Gasteiger charge is -2.25. The third kappa shape index (κ3) is 3.66. The number of hydrogen-bond acceptors (Lipinski definition) is 6. The minimum absolute atomic E-state index is 0.0491. The number of nitrogens with zero attached hydrogens (tertiary/aromatic N) is 3. The van der Waals surface area contributed by atoms with Crippen molar-refractivity contribution in [3.8, 4) is 0 Å². The van der Waals surface area contributed by atoms with Crippen LogP contribution >= 0.6 is 11.3 Å². The van der Waals surface area contributed by atoms with E-state index in [4.69, 9.17) is 4.74 Å². The highest BCUT2D eigenvalue weighted by atomic mass is 32.1. The van der Waals surface area contributed by atoms with Crippen LogP contribution in [0.15, 0.2) is 5.38 Å². The highest BCUT2D eigenvalue weighted by Crippen LogP contribution is 2.16. The fourth-order valence-electron chi connectivity index (χ4n) is 2.55. The molecule has 0 unspecified atom stereocenters. The van der Waals surface area contributed by atoms with Gasteiger partial charge in [-0.3, -0.25) is 14.5 Å². The van der Waals surface area contributed by atoms with E-state index in [0.717, 1.165) is 37.9 Å². The van der Waals surface area contributed by atoms with Crippen LogP contribution in [0.5, 0.6) is 0 Å². The maximum absolute atomic E-state index is 12.3. The van der Waals surface area contributed by atoms with E-state index in [-0.39, 0.29) is 11.7 Å². The van der Waals surface area contributed by atoms with Crippen LogP contribution in [-0.4, -0.2) is 65.9 Å². The Balaban J connectivity index is 1.58. The third-order valence-electron chi connectivity index (χ3n) is 3.84. The Morgan fingerprint density at radius 3 is 2.67 bits per heavy atom. The number of thiazole rings is 1. The Labute approximate surface area is 127 Å². The highest BCUT2D eigenvalue weighted by molar-refractivity contribution is 7.09. The van der Waals surface area contributed by atoms with Crippen molar-refractivity contribution in [2.45, 2.75) is 19.4 Å². The van der Waals surface area contributed by atoms with Crippen LogP contribution in [-0.2, 0) is 16.1 Å². The molecule has 0 atom stereocenters. The molecular weight excluding hydrogens is 290 g/mol. The van der Waals surface area contributed by atoms with Gasteiger partial charge in [-0.15, -0.1) is 11.3 Å². The van der Waals surface area contributed by atoms with E-state index in [2.05, 4.69) is 9.88 Å². The summed E-state index contributed by atoms with van der Waals surface area (Å²) in [6.45, 7) is 5.17. The van der Waals surface area contributed by atoms with Crippen molar-refractivity contribution in [1.82, 2.24) is 14.8 Å². The van der Waals surface area contributed by atoms with Gasteiger partial charge in [0.1, 0.15) is 16.5 Å². The molecule has 2 aliphatic rings. The zero-order valence-electron chi connectivity index (χ0n) is 11.9. The van der Waals surface area contributed by atoms with E-state index in [0.29, 0.717) is 31.6 Å². The van der Waals surface area contributed by atoms with Gasteiger partial charge in [0.25, 0.3) is 5.91 Å². The maximum atomic E-state index is 12.3. The van der Waals surface area contributed by atoms with E-state index in [1.54, 1.807) is 4.90 Å². The lowest BCUT2D eigenvalue weighted by atomic mass is 10.1. The number of amides is 1. The normalized spacial score (nSPS) is 20.8. The Morgan fingerprint density at radius 1 is 1.24 bits per heavy atom. The molecule has 114 valence electrons. The smallest absolute Gasteiger partial charge is 0.273 e. The molecule has 7 heteroatoms. The van der Waals surface area contributed by atoms with E-state index < -0.39 is 0 Å². The highest BCUT2D eigenvalue weighted by Gasteiger charge is 2.24. The molecule has 0 radical (unpaired) electrons. The summed E-state index contributed by atoms with van der Waals surface area (Å²) in [5, 5.41) is 2.79. The molecule has 2 aliphatic heterocycles. The van der Waals surface area contributed by atoms with Gasteiger partial charge in [-0.2, -0.15) is 0 Å². The molecule has 2 saturated heterocycles. The van der Waals surface area contributed by atoms with Crippen LogP contribution in [0.25, 0.3) is 0 Å². The van der Waals surface area contributed by atoms with Crippen molar-refractivity contribution in [3.05, 3.63) is 16.1 Å². The first-order chi connectivity index (χ1) is 10.2. The second-order valence-corrected chi connectivity index (χ2v) is 6.29. The van der Waals surface area contributed by atoms with Crippen LogP contribution < -0.4 is 0 Å². The lowest BCUT2D eigenvalue weighted by Crippen LogP contribution is -2.38. The van der Waals surface area contributed by atoms with Crippen molar-refractivity contribution in [2.24, 2.45) is 0 Å². The summed E-state index contributed by atoms with van der Waals surface area (Å²) in [6.07, 6.45) is 0.938. The van der Waals surface area contributed by atoms with Gasteiger partial charge in [0.15, 0.2) is 0 Å². The summed E-state index contributed by atoms with van der Waals surface area (Å²) in [5.41, 5.74) is 0.512. The summed E-state index contributed by atoms with van der Waals surface area (Å²) in [5.74, 6) is 0.192. The van der Waals surface area contributed by atoms with Crippen molar-refractivity contribution < 1.29 is 14.3 Å². The van der Waals surface area contributed by atoms with Crippen molar-refractivity contribution >= 4 is 23.0 Å². The molecule has 21 heavy (non-hydrogen) atoms. The minimum atomic E-state index is -0.0491. The zero-order valence-corrected chi connectivity index (χ0v) is 12.7. The van der Waals surface area contributed by atoms with Gasteiger partial charge >= 0.3 is 0 Å². The largest absolute Gasteiger partial charge is 0.379 e. The molecule has 3 heterocycles. The average Bonchev–Trinajstić information content (AvgIpc) is 2.97. The number of aromatic nitrogens is 1. The lowest BCUT2D eigenvalue weighted by molar-refractivity contribution is -0.120. The quantitative estimate of drug-likeness (QED) is 0.826. The fourth-order valence-corrected chi connectivity index (χ4v) is 3.36. The van der Waals surface area contributed by atoms with Gasteiger partial charge in [-0.25, -0.2) is 4.98 Å². The summed E-state index contributed by atoms with van der Waals surface area (Å²) in [7, 11) is 0. The number of likely N-dealkylation sites (tertiary alicyclic amines) is 1. The zero-order chi connectivity index (χ0) is 14.7. The molecule has 1 aromatic heterocycles. The first kappa shape index (κ1) is 14.6. The molecule has 6 nitrogen and oxygen atoms in total. The van der Waals surface area contributed by atoms with Gasteiger partial charge < -0.3 is 9.64 Å². The number of morpholine rings is 1. The van der Waals surface area contributed by atoms with E-state index >= 15 is 0 Å². The predicted octanol–water partition coefficient (Wildman–Crippen LogP) is 0.780. The Kier molecular flexibility index (Phi) is 4.62. The molecule has 0 saturated carbocycles. The van der Waals surface area contributed by atoms with Gasteiger partial charge in [-0.1, -0.05) is 0 Å². The number of hydrogen-bond donors (Lipinski definition) is 0. The molecule has 3 rings (SSSR count). The molecule has 1 amide bonds. The molecular formula is C14H19N3O3S. The number of rotatable bonds is 3. The predicted molar refractivity (Wildman–Crippen MR) is 78.4 cm³/mol. The third-order valence-corrected chi connectivity index (χ3v) is 4.68. The molecule has 0 aliphatic carbocycles. The van der Waals surface area contributed by atoms with Crippen LogP contribution in [0.3, 0.4) is 0 Å². The molecule has 0 spiro atoms. The van der Waals surface area contributed by atoms with Crippen molar-refractivity contribution in [3.63, 3.8) is 0 Å². The Bertz CT molecular complexity index is 515. The Hall–Kier alpha value is -1.31. The van der Waals surface area contributed by atoms with Crippen LogP contribution in [0.4, 0.5) is 0 Å². The van der Waals surface area contributed by atoms with E-state index in [1.165, 1.54) is 11.3 Å². The van der Waals surface area contributed by atoms with Crippen molar-refractivity contribution in [2.75, 3.05) is 39.4 Å². The number of Topliss-reactive ketones (excluding diaryl/α,β-unsaturated/α-hetero) is 1. The molecule has 2 fully saturated rings. The molecule has 0 N–H and O–H groups in total. The summed E-state index contributed by atoms with van der Waals surface area (Å²) in [6, 6.07) is 0. The number of ketones is 1. The second-order valence-electron chi connectivity index (χ2n) is 5.35. The summed E-state index contributed by atoms with van der Waals surface area (Å²) < 4.78 is 5.32. The number of ether oxygens (including phenoxy) is 1. The number of carbonyl (C=O) groups excluding carboxylic acids is 2. The molecule has 0 aromatic carbocycles. The molecule has 0 bridgehead atoms. The van der Waals surface area contributed by atoms with Gasteiger partial charge in [-0.05, 0) is 0 Å². The SMILES string of the molecule is O=C1CCN(C(=O)c2csc(CN3CCOCC3)n2)CC1. The first-order valence-electron chi connectivity index (χ1n) is 7.28. The number of carbonyl (C=O) groups is 2. The number of piperidine rings is 1. The van der Waals surface area contributed by atoms with Crippen LogP contribution in [0, 0.1) is 0 Å². The van der Waals surface area contributed by atoms with Crippen LogP contribution in [0.2, 0.25) is 0 Å². The monoisotopic (exact) mass is 309 g/mol. The minimum Gasteiger partial charge on any atom is -0.379 e. The molecule has 1 aromatic rings. The van der Waals surface area contributed by atoms with Crippen molar-refractivity contribution in [1.29, 1.82) is 0 Å². The van der Waals surface area contributed by atoms with E-state index in [1.807, 2.05) is 5.38 Å². The topological polar surface area (TPSA) is 62.7 Å². The first-order valence-corrected chi connectivity index (χ1v) is 8.16. The maximum Gasteiger partial charge on any atom is 0.273 e. The average molecular weight is 309 g/mol. The van der Waals surface area contributed by atoms with Gasteiger partial charge in [0.2, 0.25) is 0 Å². The van der Waals surface area contributed by atoms with Gasteiger partial charge in [0, 0.05) is 44.4 Å². The van der Waals surface area contributed by atoms with Crippen LogP contribution in [0.1, 0.15) is 28.3 Å². The standard InChI is InChI=1S/C14H19N3O3S/c18-11-1-3-17(4-2-11)14(19)12-10-21-13(15-12)9-16-5-7-20-8-6-16/h10H,1-9H2. The summed E-state index contributed by atoms with van der Waals surface area (Å²) in [4.78, 5) is 32.0. The van der Waals surface area contributed by atoms with E-state index in [9.17, 15) is 9.59 Å². The second kappa shape index (κ2) is 6.64. The fraction of sp³-hybridized carbons (Fsp3) is 0.643. The van der Waals surface area contributed by atoms with Gasteiger partial charge in [0.05, 0.1) is 19.8 Å². The Morgan fingerprint density at radius 2 is 1.95 bits per heavy atom.